The van der Waals surface area contributed by atoms with Gasteiger partial charge in [0.1, 0.15) is 5.75 Å². The molecule has 2 rings (SSSR count). The summed E-state index contributed by atoms with van der Waals surface area (Å²) in [5, 5.41) is 0. The second-order valence-corrected chi connectivity index (χ2v) is 3.27. The summed E-state index contributed by atoms with van der Waals surface area (Å²) in [7, 11) is 0. The topological polar surface area (TPSA) is 55.0 Å². The maximum atomic E-state index is 10.8. The summed E-state index contributed by atoms with van der Waals surface area (Å²) >= 11 is 0. The van der Waals surface area contributed by atoms with Gasteiger partial charge in [-0.25, -0.2) is 9.78 Å². The van der Waals surface area contributed by atoms with Gasteiger partial charge in [0.15, 0.2) is 0 Å². The highest BCUT2D eigenvalue weighted by Crippen LogP contribution is 2.21. The minimum atomic E-state index is -0.343. The molecule has 0 amide bonds. The Hall–Kier alpha value is -2.10. The van der Waals surface area contributed by atoms with Crippen LogP contribution in [-0.2, 0) is 0 Å². The summed E-state index contributed by atoms with van der Waals surface area (Å²) in [5.74, 6) is 0.811. The first-order chi connectivity index (χ1) is 7.79. The molecule has 16 heavy (non-hydrogen) atoms. The number of H-pyrrole nitrogens is 1. The van der Waals surface area contributed by atoms with Crippen LogP contribution < -0.4 is 10.4 Å². The third kappa shape index (κ3) is 2.28. The van der Waals surface area contributed by atoms with Crippen LogP contribution in [0.3, 0.4) is 0 Å². The average Bonchev–Trinajstić information content (AvgIpc) is 2.31. The number of nitrogens with one attached hydrogen (secondary N) is 1. The van der Waals surface area contributed by atoms with Gasteiger partial charge in [-0.1, -0.05) is 12.1 Å². The highest BCUT2D eigenvalue weighted by molar-refractivity contribution is 5.63. The number of hydrogen-bond donors (Lipinski definition) is 1. The molecule has 0 aliphatic carbocycles. The smallest absolute Gasteiger partial charge is 0.344 e. The maximum Gasteiger partial charge on any atom is 0.344 e. The fourth-order valence-electron chi connectivity index (χ4n) is 1.43. The van der Waals surface area contributed by atoms with Crippen molar-refractivity contribution in [1.29, 1.82) is 0 Å². The lowest BCUT2D eigenvalue weighted by Gasteiger charge is -2.05. The van der Waals surface area contributed by atoms with Crippen molar-refractivity contribution < 1.29 is 4.74 Å². The van der Waals surface area contributed by atoms with Crippen LogP contribution in [0.25, 0.3) is 11.1 Å². The molecular formula is C12H12N2O2. The lowest BCUT2D eigenvalue weighted by molar-refractivity contribution is 0.340. The fraction of sp³-hybridized carbons (Fsp3) is 0.167. The van der Waals surface area contributed by atoms with E-state index in [1.165, 1.54) is 0 Å². The third-order valence-corrected chi connectivity index (χ3v) is 2.15. The molecule has 0 atom stereocenters. The second-order valence-electron chi connectivity index (χ2n) is 3.27. The average molecular weight is 216 g/mol. The normalized spacial score (nSPS) is 10.1. The zero-order valence-corrected chi connectivity index (χ0v) is 8.93. The Bertz CT molecular complexity index is 514. The minimum absolute atomic E-state index is 0.343. The first kappa shape index (κ1) is 10.4. The molecule has 1 heterocycles. The molecule has 0 aliphatic rings. The van der Waals surface area contributed by atoms with E-state index in [1.807, 2.05) is 31.2 Å². The summed E-state index contributed by atoms with van der Waals surface area (Å²) in [4.78, 5) is 17.1. The standard InChI is InChI=1S/C12H12N2O2/c1-2-16-11-5-3-4-9(6-11)10-7-13-12(15)14-8-10/h3-8H,2H2,1H3,(H,13,14,15). The molecule has 0 aliphatic heterocycles. The van der Waals surface area contributed by atoms with E-state index in [-0.39, 0.29) is 5.69 Å². The van der Waals surface area contributed by atoms with Crippen molar-refractivity contribution in [3.05, 3.63) is 47.1 Å². The molecule has 0 saturated heterocycles. The van der Waals surface area contributed by atoms with Crippen molar-refractivity contribution in [2.45, 2.75) is 6.92 Å². The Kier molecular flexibility index (Phi) is 3.00. The largest absolute Gasteiger partial charge is 0.494 e. The van der Waals surface area contributed by atoms with Gasteiger partial charge in [0.2, 0.25) is 0 Å². The van der Waals surface area contributed by atoms with E-state index in [2.05, 4.69) is 9.97 Å². The van der Waals surface area contributed by atoms with Gasteiger partial charge in [-0.15, -0.1) is 0 Å². The van der Waals surface area contributed by atoms with Gasteiger partial charge in [0, 0.05) is 18.0 Å². The second kappa shape index (κ2) is 4.61. The number of ether oxygens (including phenoxy) is 1. The predicted molar refractivity (Wildman–Crippen MR) is 61.5 cm³/mol. The SMILES string of the molecule is CCOc1cccc(-c2cnc(=O)[nH]c2)c1. The van der Waals surface area contributed by atoms with E-state index < -0.39 is 0 Å². The summed E-state index contributed by atoms with van der Waals surface area (Å²) in [6.07, 6.45) is 3.18. The summed E-state index contributed by atoms with van der Waals surface area (Å²) < 4.78 is 5.40. The zero-order valence-electron chi connectivity index (χ0n) is 8.93. The van der Waals surface area contributed by atoms with Crippen molar-refractivity contribution in [2.24, 2.45) is 0 Å². The van der Waals surface area contributed by atoms with Crippen LogP contribution in [0.2, 0.25) is 0 Å². The van der Waals surface area contributed by atoms with Gasteiger partial charge < -0.3 is 9.72 Å². The molecule has 0 spiro atoms. The molecule has 0 radical (unpaired) electrons. The van der Waals surface area contributed by atoms with Crippen molar-refractivity contribution in [2.75, 3.05) is 6.61 Å². The molecule has 0 saturated carbocycles. The van der Waals surface area contributed by atoms with E-state index in [1.54, 1.807) is 12.4 Å². The van der Waals surface area contributed by atoms with Crippen LogP contribution >= 0.6 is 0 Å². The van der Waals surface area contributed by atoms with E-state index >= 15 is 0 Å². The molecule has 82 valence electrons. The van der Waals surface area contributed by atoms with E-state index in [0.717, 1.165) is 16.9 Å². The quantitative estimate of drug-likeness (QED) is 0.851. The van der Waals surface area contributed by atoms with Crippen molar-refractivity contribution in [1.82, 2.24) is 9.97 Å². The minimum Gasteiger partial charge on any atom is -0.494 e. The fourth-order valence-corrected chi connectivity index (χ4v) is 1.43. The van der Waals surface area contributed by atoms with Gasteiger partial charge in [-0.2, -0.15) is 0 Å². The Morgan fingerprint density at radius 1 is 1.38 bits per heavy atom. The number of nitrogens with zero attached hydrogens (tertiary/aromatic N) is 1. The van der Waals surface area contributed by atoms with Crippen molar-refractivity contribution in [3.8, 4) is 16.9 Å². The monoisotopic (exact) mass is 216 g/mol. The van der Waals surface area contributed by atoms with Gasteiger partial charge in [-0.3, -0.25) is 0 Å². The van der Waals surface area contributed by atoms with E-state index in [9.17, 15) is 4.79 Å². The highest BCUT2D eigenvalue weighted by atomic mass is 16.5. The molecule has 1 aromatic carbocycles. The lowest BCUT2D eigenvalue weighted by Crippen LogP contribution is -2.07. The summed E-state index contributed by atoms with van der Waals surface area (Å²) in [6.45, 7) is 2.57. The van der Waals surface area contributed by atoms with Gasteiger partial charge >= 0.3 is 5.69 Å². The first-order valence-electron chi connectivity index (χ1n) is 5.07. The van der Waals surface area contributed by atoms with Gasteiger partial charge in [-0.05, 0) is 24.6 Å². The zero-order chi connectivity index (χ0) is 11.4. The number of aromatic amines is 1. The van der Waals surface area contributed by atoms with Crippen LogP contribution in [-0.4, -0.2) is 16.6 Å². The molecule has 1 N–H and O–H groups in total. The van der Waals surface area contributed by atoms with Crippen molar-refractivity contribution in [3.63, 3.8) is 0 Å². The Balaban J connectivity index is 2.36. The van der Waals surface area contributed by atoms with Crippen LogP contribution in [0.4, 0.5) is 0 Å². The van der Waals surface area contributed by atoms with E-state index in [0.29, 0.717) is 6.61 Å². The van der Waals surface area contributed by atoms with Crippen molar-refractivity contribution >= 4 is 0 Å². The predicted octanol–water partition coefficient (Wildman–Crippen LogP) is 1.84. The van der Waals surface area contributed by atoms with Crippen LogP contribution in [0.15, 0.2) is 41.5 Å². The Morgan fingerprint density at radius 3 is 2.94 bits per heavy atom. The Labute approximate surface area is 92.9 Å². The number of aromatic nitrogens is 2. The molecule has 4 heteroatoms. The molecule has 0 bridgehead atoms. The Morgan fingerprint density at radius 2 is 2.25 bits per heavy atom. The molecule has 4 nitrogen and oxygen atoms in total. The molecule has 1 aromatic heterocycles. The third-order valence-electron chi connectivity index (χ3n) is 2.15. The molecule has 2 aromatic rings. The van der Waals surface area contributed by atoms with E-state index in [4.69, 9.17) is 4.74 Å². The number of benzene rings is 1. The molecule has 0 unspecified atom stereocenters. The maximum absolute atomic E-state index is 10.8. The number of hydrogen-bond acceptors (Lipinski definition) is 3. The molecule has 0 fully saturated rings. The summed E-state index contributed by atoms with van der Waals surface area (Å²) in [5.41, 5.74) is 1.49. The van der Waals surface area contributed by atoms with Gasteiger partial charge in [0.25, 0.3) is 0 Å². The van der Waals surface area contributed by atoms with Crippen LogP contribution in [0.5, 0.6) is 5.75 Å². The van der Waals surface area contributed by atoms with Crippen LogP contribution in [0.1, 0.15) is 6.92 Å². The van der Waals surface area contributed by atoms with Gasteiger partial charge in [0.05, 0.1) is 6.61 Å². The molecular weight excluding hydrogens is 204 g/mol. The first-order valence-corrected chi connectivity index (χ1v) is 5.07. The van der Waals surface area contributed by atoms with Crippen LogP contribution in [0, 0.1) is 0 Å². The number of rotatable bonds is 3. The summed E-state index contributed by atoms with van der Waals surface area (Å²) in [6, 6.07) is 7.66. The highest BCUT2D eigenvalue weighted by Gasteiger charge is 2.00. The lowest BCUT2D eigenvalue weighted by atomic mass is 10.1.